The van der Waals surface area contributed by atoms with Crippen LogP contribution in [0.25, 0.3) is 10.8 Å². The molecule has 104 valence electrons. The largest absolute Gasteiger partial charge is 0.321 e. The first-order chi connectivity index (χ1) is 10.2. The van der Waals surface area contributed by atoms with E-state index >= 15 is 0 Å². The molecule has 0 aliphatic heterocycles. The molecule has 4 heteroatoms. The van der Waals surface area contributed by atoms with Crippen LogP contribution < -0.4 is 9.88 Å². The van der Waals surface area contributed by atoms with Crippen LogP contribution >= 0.6 is 22.6 Å². The normalized spacial score (nSPS) is 10.5. The van der Waals surface area contributed by atoms with E-state index in [0.717, 1.165) is 14.6 Å². The molecule has 0 saturated carbocycles. The molecule has 21 heavy (non-hydrogen) atoms. The number of benzene rings is 2. The average Bonchev–Trinajstić information content (AvgIpc) is 2.49. The molecular weight excluding hydrogens is 375 g/mol. The van der Waals surface area contributed by atoms with Crippen molar-refractivity contribution < 1.29 is 9.36 Å². The maximum atomic E-state index is 12.1. The Morgan fingerprint density at radius 2 is 1.71 bits per heavy atom. The van der Waals surface area contributed by atoms with Crippen LogP contribution in [0.4, 0.5) is 5.69 Å². The third-order valence-electron chi connectivity index (χ3n) is 3.20. The Morgan fingerprint density at radius 1 is 1.00 bits per heavy atom. The van der Waals surface area contributed by atoms with Crippen LogP contribution in [0.15, 0.2) is 67.0 Å². The second kappa shape index (κ2) is 6.22. The lowest BCUT2D eigenvalue weighted by Gasteiger charge is -2.03. The lowest BCUT2D eigenvalue weighted by atomic mass is 10.2. The van der Waals surface area contributed by atoms with Crippen LogP contribution in [0.2, 0.25) is 0 Å². The highest BCUT2D eigenvalue weighted by Crippen LogP contribution is 2.11. The number of carbonyl (C=O) groups is 1. The Balaban J connectivity index is 1.72. The van der Waals surface area contributed by atoms with Crippen LogP contribution in [-0.4, -0.2) is 5.91 Å². The number of halogens is 1. The molecule has 3 nitrogen and oxygen atoms in total. The molecule has 3 rings (SSSR count). The van der Waals surface area contributed by atoms with Gasteiger partial charge < -0.3 is 5.32 Å². The number of pyridine rings is 1. The number of hydrogen-bond donors (Lipinski definition) is 1. The molecule has 0 aliphatic rings. The fourth-order valence-electron chi connectivity index (χ4n) is 2.18. The Hall–Kier alpha value is -1.95. The number of carbonyl (C=O) groups excluding carboxylic acids is 1. The summed E-state index contributed by atoms with van der Waals surface area (Å²) in [6, 6.07) is 17.9. The van der Waals surface area contributed by atoms with E-state index in [9.17, 15) is 4.79 Å². The van der Waals surface area contributed by atoms with E-state index in [4.69, 9.17) is 0 Å². The predicted octanol–water partition coefficient (Wildman–Crippen LogP) is 3.37. The molecule has 1 aromatic heterocycles. The lowest BCUT2D eigenvalue weighted by Crippen LogP contribution is -2.39. The number of fused-ring (bicyclic) bond motifs is 1. The Morgan fingerprint density at radius 3 is 2.48 bits per heavy atom. The highest BCUT2D eigenvalue weighted by Gasteiger charge is 2.10. The summed E-state index contributed by atoms with van der Waals surface area (Å²) < 4.78 is 3.04. The van der Waals surface area contributed by atoms with Crippen molar-refractivity contribution in [2.45, 2.75) is 6.54 Å². The summed E-state index contributed by atoms with van der Waals surface area (Å²) in [6.07, 6.45) is 3.92. The molecule has 0 bridgehead atoms. The minimum absolute atomic E-state index is 0.0310. The first-order valence-electron chi connectivity index (χ1n) is 6.64. The van der Waals surface area contributed by atoms with E-state index in [2.05, 4.69) is 34.0 Å². The van der Waals surface area contributed by atoms with Crippen molar-refractivity contribution in [1.29, 1.82) is 0 Å². The summed E-state index contributed by atoms with van der Waals surface area (Å²) in [7, 11) is 0. The Bertz CT molecular complexity index is 784. The van der Waals surface area contributed by atoms with Crippen LogP contribution in [-0.2, 0) is 11.3 Å². The van der Waals surface area contributed by atoms with Gasteiger partial charge in [0.05, 0.1) is 0 Å². The van der Waals surface area contributed by atoms with Gasteiger partial charge in [0, 0.05) is 20.7 Å². The molecule has 0 fully saturated rings. The van der Waals surface area contributed by atoms with Crippen molar-refractivity contribution in [1.82, 2.24) is 0 Å². The predicted molar refractivity (Wildman–Crippen MR) is 91.9 cm³/mol. The number of amides is 1. The van der Waals surface area contributed by atoms with E-state index in [1.807, 2.05) is 65.5 Å². The van der Waals surface area contributed by atoms with Crippen molar-refractivity contribution in [2.24, 2.45) is 0 Å². The topological polar surface area (TPSA) is 33.0 Å². The first kappa shape index (κ1) is 14.0. The molecule has 0 saturated heterocycles. The molecule has 0 aliphatic carbocycles. The van der Waals surface area contributed by atoms with Gasteiger partial charge in [-0.05, 0) is 58.3 Å². The van der Waals surface area contributed by atoms with E-state index in [0.29, 0.717) is 6.54 Å². The Kier molecular flexibility index (Phi) is 4.15. The standard InChI is InChI=1S/C17H13IN2O/c18-15-5-7-16(8-6-15)19-17(21)12-20-10-9-13-3-1-2-4-14(13)11-20/h1-11H,12H2/p+1. The van der Waals surface area contributed by atoms with Gasteiger partial charge in [-0.3, -0.25) is 4.79 Å². The van der Waals surface area contributed by atoms with Gasteiger partial charge in [-0.1, -0.05) is 18.2 Å². The summed E-state index contributed by atoms with van der Waals surface area (Å²) >= 11 is 2.24. The van der Waals surface area contributed by atoms with Crippen molar-refractivity contribution in [3.63, 3.8) is 0 Å². The first-order valence-corrected chi connectivity index (χ1v) is 7.72. The Labute approximate surface area is 136 Å². The van der Waals surface area contributed by atoms with Gasteiger partial charge >= 0.3 is 0 Å². The molecule has 0 radical (unpaired) electrons. The fraction of sp³-hybridized carbons (Fsp3) is 0.0588. The van der Waals surface area contributed by atoms with Crippen LogP contribution in [0, 0.1) is 3.57 Å². The average molecular weight is 389 g/mol. The number of rotatable bonds is 3. The molecule has 0 spiro atoms. The maximum Gasteiger partial charge on any atom is 0.290 e. The van der Waals surface area contributed by atoms with Gasteiger partial charge in [0.15, 0.2) is 12.4 Å². The summed E-state index contributed by atoms with van der Waals surface area (Å²) in [5.74, 6) is -0.0310. The van der Waals surface area contributed by atoms with Crippen LogP contribution in [0.1, 0.15) is 0 Å². The van der Waals surface area contributed by atoms with Gasteiger partial charge in [-0.25, -0.2) is 0 Å². The highest BCUT2D eigenvalue weighted by molar-refractivity contribution is 14.1. The summed E-state index contributed by atoms with van der Waals surface area (Å²) in [4.78, 5) is 12.1. The minimum Gasteiger partial charge on any atom is -0.321 e. The van der Waals surface area contributed by atoms with Crippen LogP contribution in [0.5, 0.6) is 0 Å². The van der Waals surface area contributed by atoms with Gasteiger partial charge in [0.25, 0.3) is 5.91 Å². The fourth-order valence-corrected chi connectivity index (χ4v) is 2.54. The van der Waals surface area contributed by atoms with Gasteiger partial charge in [-0.15, -0.1) is 0 Å². The second-order valence-electron chi connectivity index (χ2n) is 4.80. The van der Waals surface area contributed by atoms with E-state index < -0.39 is 0 Å². The summed E-state index contributed by atoms with van der Waals surface area (Å²) in [5, 5.41) is 5.20. The van der Waals surface area contributed by atoms with Gasteiger partial charge in [-0.2, -0.15) is 4.57 Å². The molecule has 0 atom stereocenters. The van der Waals surface area contributed by atoms with Crippen molar-refractivity contribution >= 4 is 45.0 Å². The molecule has 1 heterocycles. The number of nitrogens with zero attached hydrogens (tertiary/aromatic N) is 1. The third-order valence-corrected chi connectivity index (χ3v) is 3.92. The van der Waals surface area contributed by atoms with Gasteiger partial charge in [0.2, 0.25) is 6.54 Å². The van der Waals surface area contributed by atoms with Crippen molar-refractivity contribution in [3.8, 4) is 0 Å². The zero-order chi connectivity index (χ0) is 14.7. The molecule has 1 amide bonds. The number of nitrogens with one attached hydrogen (secondary N) is 1. The zero-order valence-electron chi connectivity index (χ0n) is 11.3. The lowest BCUT2D eigenvalue weighted by molar-refractivity contribution is -0.682. The van der Waals surface area contributed by atoms with Crippen molar-refractivity contribution in [2.75, 3.05) is 5.32 Å². The van der Waals surface area contributed by atoms with Crippen molar-refractivity contribution in [3.05, 3.63) is 70.6 Å². The molecular formula is C17H14IN2O+. The summed E-state index contributed by atoms with van der Waals surface area (Å²) in [5.41, 5.74) is 0.821. The third kappa shape index (κ3) is 3.58. The minimum atomic E-state index is -0.0310. The van der Waals surface area contributed by atoms with E-state index in [1.54, 1.807) is 0 Å². The van der Waals surface area contributed by atoms with Crippen LogP contribution in [0.3, 0.4) is 0 Å². The quantitative estimate of drug-likeness (QED) is 0.541. The molecule has 1 N–H and O–H groups in total. The zero-order valence-corrected chi connectivity index (χ0v) is 13.4. The number of hydrogen-bond acceptors (Lipinski definition) is 1. The number of anilines is 1. The maximum absolute atomic E-state index is 12.1. The summed E-state index contributed by atoms with van der Waals surface area (Å²) in [6.45, 7) is 0.302. The molecule has 3 aromatic rings. The van der Waals surface area contributed by atoms with E-state index in [1.165, 1.54) is 5.39 Å². The SMILES string of the molecule is O=C(C[n+]1ccc2ccccc2c1)Nc1ccc(I)cc1. The molecule has 2 aromatic carbocycles. The monoisotopic (exact) mass is 389 g/mol. The number of aromatic nitrogens is 1. The smallest absolute Gasteiger partial charge is 0.290 e. The van der Waals surface area contributed by atoms with Gasteiger partial charge in [0.1, 0.15) is 0 Å². The highest BCUT2D eigenvalue weighted by atomic mass is 127. The molecule has 0 unspecified atom stereocenters. The van der Waals surface area contributed by atoms with E-state index in [-0.39, 0.29) is 5.91 Å². The second-order valence-corrected chi connectivity index (χ2v) is 6.05.